The van der Waals surface area contributed by atoms with Crippen molar-refractivity contribution in [3.63, 3.8) is 0 Å². The number of ether oxygens (including phenoxy) is 1. The Morgan fingerprint density at radius 3 is 2.05 bits per heavy atom. The van der Waals surface area contributed by atoms with Crippen LogP contribution in [-0.2, 0) is 14.4 Å². The Morgan fingerprint density at radius 2 is 1.38 bits per heavy atom. The smallest absolute Gasteiger partial charge is 0.407 e. The number of anilines is 1. The summed E-state index contributed by atoms with van der Waals surface area (Å²) in [5.41, 5.74) is 6.48. The van der Waals surface area contributed by atoms with E-state index in [0.717, 1.165) is 33.5 Å². The number of carbonyl (C=O) groups excluding carboxylic acids is 2. The maximum Gasteiger partial charge on any atom is 0.407 e. The molecule has 6 rings (SSSR count). The monoisotopic (exact) mass is 519 g/mol. The minimum atomic E-state index is -0.628. The fraction of sp³-hybridized carbons (Fsp3) is 0.188. The number of fused-ring (bicyclic) bond motifs is 3. The third-order valence-corrected chi connectivity index (χ3v) is 7.21. The van der Waals surface area contributed by atoms with Gasteiger partial charge in [-0.1, -0.05) is 97.1 Å². The van der Waals surface area contributed by atoms with Crippen molar-refractivity contribution in [1.82, 2.24) is 10.6 Å². The largest absolute Gasteiger partial charge is 0.449 e. The molecule has 1 saturated heterocycles. The quantitative estimate of drug-likeness (QED) is 0.335. The first-order chi connectivity index (χ1) is 19.2. The Labute approximate surface area is 227 Å². The van der Waals surface area contributed by atoms with Crippen LogP contribution in [0.2, 0.25) is 0 Å². The molecule has 1 aliphatic carbocycles. The average Bonchev–Trinajstić information content (AvgIpc) is 3.55. The van der Waals surface area contributed by atoms with Crippen molar-refractivity contribution in [3.8, 4) is 11.1 Å². The zero-order valence-corrected chi connectivity index (χ0v) is 21.3. The molecule has 2 amide bonds. The third kappa shape index (κ3) is 5.22. The molecular formula is C32H29N3O4. The van der Waals surface area contributed by atoms with E-state index in [-0.39, 0.29) is 31.1 Å². The van der Waals surface area contributed by atoms with Gasteiger partial charge in [0.1, 0.15) is 25.4 Å². The van der Waals surface area contributed by atoms with E-state index >= 15 is 0 Å². The average molecular weight is 520 g/mol. The number of alkyl carbamates (subject to hydrolysis) is 1. The van der Waals surface area contributed by atoms with Gasteiger partial charge in [0, 0.05) is 12.3 Å². The van der Waals surface area contributed by atoms with Crippen LogP contribution in [0.25, 0.3) is 11.1 Å². The maximum atomic E-state index is 12.8. The minimum absolute atomic E-state index is 0.0398. The SMILES string of the molecule is O=C(CNC(=O)OCC1c2ccccc2-c2ccccc21)N[C@H]1C[C@H](c2ccccc2)ON1c1ccccc1. The summed E-state index contributed by atoms with van der Waals surface area (Å²) >= 11 is 0. The minimum Gasteiger partial charge on any atom is -0.449 e. The lowest BCUT2D eigenvalue weighted by Gasteiger charge is -2.25. The second-order valence-corrected chi connectivity index (χ2v) is 9.66. The highest BCUT2D eigenvalue weighted by Crippen LogP contribution is 2.44. The Balaban J connectivity index is 1.05. The molecular weight excluding hydrogens is 490 g/mol. The van der Waals surface area contributed by atoms with Gasteiger partial charge in [-0.05, 0) is 39.9 Å². The van der Waals surface area contributed by atoms with Crippen LogP contribution in [0, 0.1) is 0 Å². The first-order valence-electron chi connectivity index (χ1n) is 13.1. The molecule has 7 heteroatoms. The van der Waals surface area contributed by atoms with Gasteiger partial charge < -0.3 is 15.4 Å². The lowest BCUT2D eigenvalue weighted by atomic mass is 9.98. The first-order valence-corrected chi connectivity index (χ1v) is 13.1. The Kier molecular flexibility index (Phi) is 6.97. The van der Waals surface area contributed by atoms with Gasteiger partial charge in [0.15, 0.2) is 0 Å². The number of amides is 2. The number of nitrogens with one attached hydrogen (secondary N) is 2. The van der Waals surface area contributed by atoms with Gasteiger partial charge in [-0.3, -0.25) is 9.63 Å². The molecule has 0 radical (unpaired) electrons. The Hall–Kier alpha value is -4.62. The molecule has 2 aliphatic rings. The first kappa shape index (κ1) is 24.7. The van der Waals surface area contributed by atoms with Gasteiger partial charge >= 0.3 is 6.09 Å². The van der Waals surface area contributed by atoms with E-state index in [4.69, 9.17) is 9.57 Å². The topological polar surface area (TPSA) is 79.9 Å². The van der Waals surface area contributed by atoms with Gasteiger partial charge in [-0.25, -0.2) is 9.86 Å². The van der Waals surface area contributed by atoms with E-state index in [2.05, 4.69) is 34.9 Å². The van der Waals surface area contributed by atoms with Gasteiger partial charge in [0.2, 0.25) is 5.91 Å². The number of hydroxylamine groups is 1. The Bertz CT molecular complexity index is 1420. The van der Waals surface area contributed by atoms with Crippen LogP contribution in [0.1, 0.15) is 35.1 Å². The molecule has 0 spiro atoms. The molecule has 7 nitrogen and oxygen atoms in total. The molecule has 0 saturated carbocycles. The number of rotatable bonds is 7. The van der Waals surface area contributed by atoms with Gasteiger partial charge in [0.25, 0.3) is 0 Å². The molecule has 2 N–H and O–H groups in total. The van der Waals surface area contributed by atoms with E-state index in [1.54, 1.807) is 5.06 Å². The lowest BCUT2D eigenvalue weighted by Crippen LogP contribution is -2.47. The summed E-state index contributed by atoms with van der Waals surface area (Å²) in [6.45, 7) is -0.00963. The molecule has 39 heavy (non-hydrogen) atoms. The molecule has 1 fully saturated rings. The normalized spacial score (nSPS) is 17.8. The number of nitrogens with zero attached hydrogens (tertiary/aromatic N) is 1. The predicted octanol–water partition coefficient (Wildman–Crippen LogP) is 5.55. The molecule has 0 aromatic heterocycles. The van der Waals surface area contributed by atoms with Crippen molar-refractivity contribution in [2.24, 2.45) is 0 Å². The van der Waals surface area contributed by atoms with Crippen molar-refractivity contribution in [2.75, 3.05) is 18.2 Å². The second kappa shape index (κ2) is 11.0. The fourth-order valence-corrected chi connectivity index (χ4v) is 5.39. The van der Waals surface area contributed by atoms with Crippen molar-refractivity contribution in [2.45, 2.75) is 24.6 Å². The molecule has 1 heterocycles. The summed E-state index contributed by atoms with van der Waals surface area (Å²) < 4.78 is 5.56. The molecule has 4 aromatic carbocycles. The number of benzene rings is 4. The fourth-order valence-electron chi connectivity index (χ4n) is 5.39. The highest BCUT2D eigenvalue weighted by Gasteiger charge is 2.36. The van der Waals surface area contributed by atoms with Gasteiger partial charge in [-0.2, -0.15) is 0 Å². The van der Waals surface area contributed by atoms with E-state index in [1.807, 2.05) is 84.9 Å². The van der Waals surface area contributed by atoms with Crippen LogP contribution in [-0.4, -0.2) is 31.3 Å². The van der Waals surface area contributed by atoms with Crippen molar-refractivity contribution >= 4 is 17.7 Å². The molecule has 1 aliphatic heterocycles. The third-order valence-electron chi connectivity index (χ3n) is 7.21. The van der Waals surface area contributed by atoms with Crippen molar-refractivity contribution < 1.29 is 19.2 Å². The lowest BCUT2D eigenvalue weighted by molar-refractivity contribution is -0.121. The number of hydrogen-bond acceptors (Lipinski definition) is 5. The summed E-state index contributed by atoms with van der Waals surface area (Å²) in [6.07, 6.45) is -0.659. The van der Waals surface area contributed by atoms with E-state index in [9.17, 15) is 9.59 Å². The summed E-state index contributed by atoms with van der Waals surface area (Å²) in [5.74, 6) is -0.367. The Morgan fingerprint density at radius 1 is 0.795 bits per heavy atom. The summed E-state index contributed by atoms with van der Waals surface area (Å²) in [7, 11) is 0. The summed E-state index contributed by atoms with van der Waals surface area (Å²) in [6, 6.07) is 35.9. The summed E-state index contributed by atoms with van der Waals surface area (Å²) in [4.78, 5) is 31.6. The second-order valence-electron chi connectivity index (χ2n) is 9.66. The number of para-hydroxylation sites is 1. The van der Waals surface area contributed by atoms with E-state index < -0.39 is 12.3 Å². The molecule has 0 bridgehead atoms. The standard InChI is InChI=1S/C32H29N3O4/c36-31(34-30-19-29(22-11-3-1-4-12-22)39-35(30)23-13-5-2-6-14-23)20-33-32(37)38-21-28-26-17-9-7-15-24(26)25-16-8-10-18-27(25)28/h1-18,28-30H,19-21H2,(H,33,37)(H,34,36)/t29-,30-/m1/s1. The molecule has 2 atom stereocenters. The number of hydrogen-bond donors (Lipinski definition) is 2. The molecule has 196 valence electrons. The van der Waals surface area contributed by atoms with Crippen LogP contribution < -0.4 is 15.7 Å². The van der Waals surface area contributed by atoms with E-state index in [0.29, 0.717) is 6.42 Å². The van der Waals surface area contributed by atoms with Crippen molar-refractivity contribution in [3.05, 3.63) is 126 Å². The predicted molar refractivity (Wildman–Crippen MR) is 149 cm³/mol. The van der Waals surface area contributed by atoms with Crippen LogP contribution in [0.4, 0.5) is 10.5 Å². The van der Waals surface area contributed by atoms with Gasteiger partial charge in [-0.15, -0.1) is 0 Å². The molecule has 0 unspecified atom stereocenters. The van der Waals surface area contributed by atoms with E-state index in [1.165, 1.54) is 0 Å². The highest BCUT2D eigenvalue weighted by molar-refractivity contribution is 5.83. The number of carbonyl (C=O) groups is 2. The highest BCUT2D eigenvalue weighted by atomic mass is 16.7. The van der Waals surface area contributed by atoms with Crippen LogP contribution >= 0.6 is 0 Å². The van der Waals surface area contributed by atoms with Crippen molar-refractivity contribution in [1.29, 1.82) is 0 Å². The zero-order chi connectivity index (χ0) is 26.6. The van der Waals surface area contributed by atoms with Gasteiger partial charge in [0.05, 0.1) is 5.69 Å². The van der Waals surface area contributed by atoms with Crippen LogP contribution in [0.5, 0.6) is 0 Å². The van der Waals surface area contributed by atoms with Crippen LogP contribution in [0.3, 0.4) is 0 Å². The zero-order valence-electron chi connectivity index (χ0n) is 21.3. The van der Waals surface area contributed by atoms with Crippen LogP contribution in [0.15, 0.2) is 109 Å². The maximum absolute atomic E-state index is 12.8. The summed E-state index contributed by atoms with van der Waals surface area (Å²) in [5, 5.41) is 7.32. The molecule has 4 aromatic rings.